The van der Waals surface area contributed by atoms with Crippen molar-refractivity contribution in [1.82, 2.24) is 10.3 Å². The van der Waals surface area contributed by atoms with Crippen molar-refractivity contribution >= 4 is 28.3 Å². The average Bonchev–Trinajstić information content (AvgIpc) is 3.42. The molecule has 0 spiro atoms. The maximum atomic E-state index is 12.9. The number of ether oxygens (including phenoxy) is 4. The molecule has 10 nitrogen and oxygen atoms in total. The molecule has 0 saturated heterocycles. The van der Waals surface area contributed by atoms with Crippen LogP contribution in [0.4, 0.5) is 5.13 Å². The summed E-state index contributed by atoms with van der Waals surface area (Å²) in [5.41, 5.74) is 7.29. The van der Waals surface area contributed by atoms with Crippen molar-refractivity contribution in [1.29, 1.82) is 0 Å². The van der Waals surface area contributed by atoms with Gasteiger partial charge in [-0.3, -0.25) is 4.79 Å². The summed E-state index contributed by atoms with van der Waals surface area (Å²) < 4.78 is 22.5. The molecule has 0 aliphatic carbocycles. The smallest absolute Gasteiger partial charge is 0.337 e. The summed E-state index contributed by atoms with van der Waals surface area (Å²) in [4.78, 5) is 28.8. The zero-order valence-corrected chi connectivity index (χ0v) is 22.3. The molecule has 1 aromatic heterocycles. The number of hydrogen-bond donors (Lipinski definition) is 3. The number of anilines is 1. The van der Waals surface area contributed by atoms with Gasteiger partial charge < -0.3 is 35.3 Å². The molecule has 2 heterocycles. The number of rotatable bonds is 12. The number of amides is 1. The van der Waals surface area contributed by atoms with Crippen molar-refractivity contribution in [2.75, 3.05) is 45.3 Å². The van der Waals surface area contributed by atoms with Gasteiger partial charge in [-0.2, -0.15) is 0 Å². The first kappa shape index (κ1) is 27.5. The first-order chi connectivity index (χ1) is 18.4. The van der Waals surface area contributed by atoms with E-state index < -0.39 is 11.5 Å². The Bertz CT molecular complexity index is 1240. The SMILES string of the molecule is COC(=O)c1ccc(Oc2cc3c(cc2OCCOCCN)CCN[C@]3(C)CC(=O)Nc2nccs2)cc1. The Morgan fingerprint density at radius 3 is 2.68 bits per heavy atom. The number of benzene rings is 2. The van der Waals surface area contributed by atoms with Crippen LogP contribution in [-0.2, 0) is 26.2 Å². The maximum Gasteiger partial charge on any atom is 0.337 e. The van der Waals surface area contributed by atoms with E-state index in [9.17, 15) is 9.59 Å². The normalized spacial score (nSPS) is 16.4. The van der Waals surface area contributed by atoms with Gasteiger partial charge in [-0.05, 0) is 60.9 Å². The van der Waals surface area contributed by atoms with E-state index in [4.69, 9.17) is 24.7 Å². The Kier molecular flexibility index (Phi) is 9.29. The summed E-state index contributed by atoms with van der Waals surface area (Å²) in [6.07, 6.45) is 2.63. The number of methoxy groups -OCH3 is 1. The molecule has 1 amide bonds. The Labute approximate surface area is 225 Å². The minimum Gasteiger partial charge on any atom is -0.487 e. The Balaban J connectivity index is 1.60. The van der Waals surface area contributed by atoms with Gasteiger partial charge in [0.1, 0.15) is 12.4 Å². The molecule has 3 aromatic rings. The fourth-order valence-corrected chi connectivity index (χ4v) is 4.86. The molecule has 1 aliphatic rings. The molecular formula is C27H32N4O6S. The van der Waals surface area contributed by atoms with Crippen LogP contribution in [0.2, 0.25) is 0 Å². The quantitative estimate of drug-likeness (QED) is 0.233. The highest BCUT2D eigenvalue weighted by Crippen LogP contribution is 2.41. The van der Waals surface area contributed by atoms with Crippen molar-refractivity contribution in [2.45, 2.75) is 25.3 Å². The zero-order chi connectivity index (χ0) is 27.0. The van der Waals surface area contributed by atoms with Gasteiger partial charge >= 0.3 is 5.97 Å². The lowest BCUT2D eigenvalue weighted by Gasteiger charge is -2.37. The van der Waals surface area contributed by atoms with Gasteiger partial charge in [0.05, 0.1) is 25.9 Å². The molecule has 0 radical (unpaired) electrons. The van der Waals surface area contributed by atoms with Gasteiger partial charge in [-0.1, -0.05) is 0 Å². The number of carbonyl (C=O) groups excluding carboxylic acids is 2. The van der Waals surface area contributed by atoms with Crippen LogP contribution in [0.25, 0.3) is 0 Å². The average molecular weight is 541 g/mol. The lowest BCUT2D eigenvalue weighted by Crippen LogP contribution is -2.47. The van der Waals surface area contributed by atoms with E-state index in [2.05, 4.69) is 15.6 Å². The Morgan fingerprint density at radius 1 is 1.16 bits per heavy atom. The first-order valence-electron chi connectivity index (χ1n) is 12.3. The van der Waals surface area contributed by atoms with E-state index in [1.165, 1.54) is 18.4 Å². The zero-order valence-electron chi connectivity index (χ0n) is 21.5. The molecule has 0 unspecified atom stereocenters. The second kappa shape index (κ2) is 12.8. The van der Waals surface area contributed by atoms with E-state index in [0.717, 1.165) is 17.5 Å². The van der Waals surface area contributed by atoms with E-state index in [0.29, 0.717) is 60.9 Å². The van der Waals surface area contributed by atoms with Gasteiger partial charge in [-0.15, -0.1) is 11.3 Å². The van der Waals surface area contributed by atoms with Gasteiger partial charge in [0.25, 0.3) is 0 Å². The molecule has 38 heavy (non-hydrogen) atoms. The van der Waals surface area contributed by atoms with Crippen molar-refractivity contribution in [3.63, 3.8) is 0 Å². The fourth-order valence-electron chi connectivity index (χ4n) is 4.31. The van der Waals surface area contributed by atoms with Gasteiger partial charge in [0.2, 0.25) is 5.91 Å². The lowest BCUT2D eigenvalue weighted by molar-refractivity contribution is -0.117. The summed E-state index contributed by atoms with van der Waals surface area (Å²) in [6, 6.07) is 10.5. The predicted octanol–water partition coefficient (Wildman–Crippen LogP) is 3.47. The largest absolute Gasteiger partial charge is 0.487 e. The second-order valence-electron chi connectivity index (χ2n) is 8.89. The number of carbonyl (C=O) groups is 2. The standard InChI is InChI=1S/C27H32N4O6S/c1-27(17-24(32)31-26-29-10-14-38-26)21-16-23(37-20-5-3-18(4-6-20)25(33)34-2)22(15-19(21)7-9-30-27)36-13-12-35-11-8-28/h3-6,10,14-16,30H,7-9,11-13,17,28H2,1-2H3,(H,29,31,32)/t27-/m1/s1. The molecule has 202 valence electrons. The number of fused-ring (bicyclic) bond motifs is 1. The van der Waals surface area contributed by atoms with Crippen molar-refractivity contribution < 1.29 is 28.5 Å². The van der Waals surface area contributed by atoms with Crippen molar-refractivity contribution in [3.05, 3.63) is 64.7 Å². The molecule has 2 aromatic carbocycles. The highest BCUT2D eigenvalue weighted by atomic mass is 32.1. The van der Waals surface area contributed by atoms with Crippen LogP contribution in [0.15, 0.2) is 48.0 Å². The molecule has 4 rings (SSSR count). The number of nitrogens with one attached hydrogen (secondary N) is 2. The number of hydrogen-bond acceptors (Lipinski definition) is 10. The van der Waals surface area contributed by atoms with Gasteiger partial charge in [0.15, 0.2) is 16.6 Å². The third kappa shape index (κ3) is 6.87. The molecule has 11 heteroatoms. The maximum absolute atomic E-state index is 12.9. The molecule has 0 bridgehead atoms. The number of nitrogens with two attached hydrogens (primary N) is 1. The van der Waals surface area contributed by atoms with Crippen LogP contribution in [0.3, 0.4) is 0 Å². The van der Waals surface area contributed by atoms with Gasteiger partial charge in [-0.25, -0.2) is 9.78 Å². The third-order valence-corrected chi connectivity index (χ3v) is 6.81. The summed E-state index contributed by atoms with van der Waals surface area (Å²) in [5, 5.41) is 8.75. The molecule has 4 N–H and O–H groups in total. The summed E-state index contributed by atoms with van der Waals surface area (Å²) in [6.45, 7) is 4.32. The highest BCUT2D eigenvalue weighted by Gasteiger charge is 2.35. The molecule has 0 fully saturated rings. The molecule has 1 atom stereocenters. The summed E-state index contributed by atoms with van der Waals surface area (Å²) >= 11 is 1.37. The monoisotopic (exact) mass is 540 g/mol. The first-order valence-corrected chi connectivity index (χ1v) is 13.2. The minimum atomic E-state index is -0.634. The third-order valence-electron chi connectivity index (χ3n) is 6.12. The van der Waals surface area contributed by atoms with Crippen LogP contribution in [0.5, 0.6) is 17.2 Å². The number of esters is 1. The molecular weight excluding hydrogens is 508 g/mol. The Morgan fingerprint density at radius 2 is 1.97 bits per heavy atom. The van der Waals surface area contributed by atoms with Crippen LogP contribution < -0.4 is 25.8 Å². The van der Waals surface area contributed by atoms with Crippen molar-refractivity contribution in [3.8, 4) is 17.2 Å². The van der Waals surface area contributed by atoms with Crippen LogP contribution in [0, 0.1) is 0 Å². The van der Waals surface area contributed by atoms with Crippen LogP contribution >= 0.6 is 11.3 Å². The number of nitrogens with zero attached hydrogens (tertiary/aromatic N) is 1. The molecule has 0 saturated carbocycles. The number of thiazole rings is 1. The van der Waals surface area contributed by atoms with E-state index in [1.54, 1.807) is 30.5 Å². The summed E-state index contributed by atoms with van der Waals surface area (Å²) in [5.74, 6) is 1.01. The summed E-state index contributed by atoms with van der Waals surface area (Å²) in [7, 11) is 1.34. The van der Waals surface area contributed by atoms with Crippen LogP contribution in [0.1, 0.15) is 34.8 Å². The predicted molar refractivity (Wildman–Crippen MR) is 144 cm³/mol. The minimum absolute atomic E-state index is 0.138. The van der Waals surface area contributed by atoms with Crippen LogP contribution in [-0.4, -0.2) is 56.9 Å². The molecule has 1 aliphatic heterocycles. The van der Waals surface area contributed by atoms with E-state index in [1.807, 2.05) is 24.4 Å². The Hall–Kier alpha value is -3.51. The fraction of sp³-hybridized carbons (Fsp3) is 0.370. The van der Waals surface area contributed by atoms with E-state index in [-0.39, 0.29) is 12.3 Å². The van der Waals surface area contributed by atoms with Crippen molar-refractivity contribution in [2.24, 2.45) is 5.73 Å². The van der Waals surface area contributed by atoms with Gasteiger partial charge in [0, 0.05) is 36.6 Å². The van der Waals surface area contributed by atoms with E-state index >= 15 is 0 Å². The number of aromatic nitrogens is 1. The highest BCUT2D eigenvalue weighted by molar-refractivity contribution is 7.13. The topological polar surface area (TPSA) is 134 Å². The second-order valence-corrected chi connectivity index (χ2v) is 9.79. The lowest BCUT2D eigenvalue weighted by atomic mass is 9.81.